The summed E-state index contributed by atoms with van der Waals surface area (Å²) < 4.78 is 13.8. The number of rotatable bonds is 5. The Hall–Kier alpha value is -8.80. The molecule has 13 aromatic rings. The van der Waals surface area contributed by atoms with Crippen LogP contribution in [0.2, 0.25) is 0 Å². The fourth-order valence-corrected chi connectivity index (χ4v) is 10.7. The van der Waals surface area contributed by atoms with Crippen LogP contribution in [-0.4, -0.2) is 13.7 Å². The average molecular weight is 831 g/mol. The number of anilines is 3. The SMILES string of the molecule is c1ccc2c(c1)Oc1ccccc1N2c1cc(-c2ccccc2-n2c3ccccc3c3cc(-n4c5ccccc5c5ccccc54)ccc32)cc(-n2c3ccccc3c3ccccc32)c1. The molecule has 1 aliphatic heterocycles. The van der Waals surface area contributed by atoms with Gasteiger partial charge in [-0.3, -0.25) is 0 Å². The zero-order chi connectivity index (χ0) is 42.6. The van der Waals surface area contributed by atoms with Gasteiger partial charge in [0.2, 0.25) is 0 Å². The lowest BCUT2D eigenvalue weighted by molar-refractivity contribution is 0.477. The van der Waals surface area contributed by atoms with E-state index in [0.717, 1.165) is 78.8 Å². The summed E-state index contributed by atoms with van der Waals surface area (Å²) in [6.45, 7) is 0. The van der Waals surface area contributed by atoms with Crippen LogP contribution in [0.3, 0.4) is 0 Å². The number of hydrogen-bond donors (Lipinski definition) is 0. The molecule has 0 radical (unpaired) electrons. The largest absolute Gasteiger partial charge is 0.453 e. The molecule has 0 saturated carbocycles. The standard InChI is InChI=1S/C60H38N4O/c1-7-23-50(64-55-28-12-6-22-48(55)49-38-40(33-34-56(49)64)61-51-24-8-2-18-44(51)45-19-3-9-25-52(45)61)43(17-1)39-35-41(62-53-26-10-4-20-46(53)47-21-5-11-27-54(47)62)37-42(36-39)63-57-29-13-15-31-59(57)65-60-32-16-14-30-58(60)63/h1-38H. The maximum atomic E-state index is 6.53. The third kappa shape index (κ3) is 5.27. The minimum atomic E-state index is 0.820. The number of nitrogens with zero attached hydrogens (tertiary/aromatic N) is 4. The lowest BCUT2D eigenvalue weighted by Gasteiger charge is -2.33. The molecule has 0 aliphatic carbocycles. The highest BCUT2D eigenvalue weighted by Crippen LogP contribution is 2.51. The van der Waals surface area contributed by atoms with Gasteiger partial charge in [-0.2, -0.15) is 0 Å². The van der Waals surface area contributed by atoms with Crippen molar-refractivity contribution in [2.45, 2.75) is 0 Å². The Morgan fingerprint density at radius 2 is 0.662 bits per heavy atom. The van der Waals surface area contributed by atoms with Gasteiger partial charge in [0.05, 0.1) is 50.2 Å². The van der Waals surface area contributed by atoms with Gasteiger partial charge in [-0.1, -0.05) is 133 Å². The maximum Gasteiger partial charge on any atom is 0.151 e. The predicted molar refractivity (Wildman–Crippen MR) is 270 cm³/mol. The predicted octanol–water partition coefficient (Wildman–Crippen LogP) is 16.2. The molecule has 65 heavy (non-hydrogen) atoms. The first kappa shape index (κ1) is 35.8. The van der Waals surface area contributed by atoms with E-state index >= 15 is 0 Å². The molecule has 0 fully saturated rings. The highest BCUT2D eigenvalue weighted by Gasteiger charge is 2.27. The number of ether oxygens (including phenoxy) is 1. The van der Waals surface area contributed by atoms with Crippen LogP contribution >= 0.6 is 0 Å². The summed E-state index contributed by atoms with van der Waals surface area (Å²) in [5, 5.41) is 7.38. The van der Waals surface area contributed by atoms with Gasteiger partial charge >= 0.3 is 0 Å². The number of fused-ring (bicyclic) bond motifs is 11. The quantitative estimate of drug-likeness (QED) is 0.173. The fraction of sp³-hybridized carbons (Fsp3) is 0. The Kier molecular flexibility index (Phi) is 7.62. The van der Waals surface area contributed by atoms with Crippen molar-refractivity contribution in [3.8, 4) is 39.7 Å². The summed E-state index contributed by atoms with van der Waals surface area (Å²) in [7, 11) is 0. The van der Waals surface area contributed by atoms with E-state index < -0.39 is 0 Å². The van der Waals surface area contributed by atoms with E-state index in [0.29, 0.717) is 0 Å². The first-order valence-corrected chi connectivity index (χ1v) is 22.2. The van der Waals surface area contributed by atoms with E-state index in [9.17, 15) is 0 Å². The van der Waals surface area contributed by atoms with E-state index in [1.807, 2.05) is 12.1 Å². The molecular weight excluding hydrogens is 793 g/mol. The molecule has 0 N–H and O–H groups in total. The Morgan fingerprint density at radius 3 is 1.22 bits per heavy atom. The van der Waals surface area contributed by atoms with Crippen LogP contribution in [-0.2, 0) is 0 Å². The Labute approximate surface area is 374 Å². The number of hydrogen-bond acceptors (Lipinski definition) is 2. The summed E-state index contributed by atoms with van der Waals surface area (Å²) >= 11 is 0. The zero-order valence-corrected chi connectivity index (χ0v) is 35.1. The molecule has 0 bridgehead atoms. The van der Waals surface area contributed by atoms with Crippen LogP contribution in [0.5, 0.6) is 11.5 Å². The first-order valence-electron chi connectivity index (χ1n) is 22.2. The van der Waals surface area contributed by atoms with Crippen LogP contribution in [0.1, 0.15) is 0 Å². The van der Waals surface area contributed by atoms with Gasteiger partial charge in [0, 0.05) is 54.9 Å². The van der Waals surface area contributed by atoms with Crippen LogP contribution in [0.15, 0.2) is 231 Å². The molecule has 0 atom stereocenters. The minimum absolute atomic E-state index is 0.820. The smallest absolute Gasteiger partial charge is 0.151 e. The highest BCUT2D eigenvalue weighted by molar-refractivity contribution is 6.13. The van der Waals surface area contributed by atoms with Crippen LogP contribution in [0.4, 0.5) is 17.1 Å². The molecule has 1 aliphatic rings. The van der Waals surface area contributed by atoms with Crippen molar-refractivity contribution in [3.05, 3.63) is 231 Å². The van der Waals surface area contributed by atoms with Gasteiger partial charge in [0.1, 0.15) is 0 Å². The van der Waals surface area contributed by atoms with Crippen molar-refractivity contribution in [1.82, 2.24) is 13.7 Å². The average Bonchev–Trinajstić information content (AvgIpc) is 4.01. The third-order valence-corrected chi connectivity index (χ3v) is 13.4. The lowest BCUT2D eigenvalue weighted by Crippen LogP contribution is -2.16. The van der Waals surface area contributed by atoms with Crippen LogP contribution < -0.4 is 9.64 Å². The summed E-state index contributed by atoms with van der Waals surface area (Å²) in [5.74, 6) is 1.64. The molecule has 4 heterocycles. The molecule has 14 rings (SSSR count). The molecule has 3 aromatic heterocycles. The topological polar surface area (TPSA) is 27.3 Å². The lowest BCUT2D eigenvalue weighted by atomic mass is 10.00. The van der Waals surface area contributed by atoms with E-state index in [-0.39, 0.29) is 0 Å². The minimum Gasteiger partial charge on any atom is -0.453 e. The molecule has 5 heteroatoms. The Balaban J connectivity index is 1.03. The summed E-state index contributed by atoms with van der Waals surface area (Å²) in [6, 6.07) is 83.4. The van der Waals surface area contributed by atoms with E-state index in [4.69, 9.17) is 4.74 Å². The fourth-order valence-electron chi connectivity index (χ4n) is 10.7. The van der Waals surface area contributed by atoms with Gasteiger partial charge < -0.3 is 23.3 Å². The second-order valence-electron chi connectivity index (χ2n) is 16.9. The molecule has 0 spiro atoms. The van der Waals surface area contributed by atoms with Gasteiger partial charge in [0.25, 0.3) is 0 Å². The van der Waals surface area contributed by atoms with Gasteiger partial charge in [-0.05, 0) is 103 Å². The van der Waals surface area contributed by atoms with Crippen molar-refractivity contribution >= 4 is 82.5 Å². The molecule has 0 amide bonds. The number of aromatic nitrogens is 3. The van der Waals surface area contributed by atoms with Gasteiger partial charge in [-0.25, -0.2) is 0 Å². The number of para-hydroxylation sites is 10. The summed E-state index contributed by atoms with van der Waals surface area (Å²) in [6.07, 6.45) is 0. The molecule has 0 saturated heterocycles. The Morgan fingerprint density at radius 1 is 0.262 bits per heavy atom. The van der Waals surface area contributed by atoms with E-state index in [1.165, 1.54) is 43.4 Å². The van der Waals surface area contributed by atoms with Crippen molar-refractivity contribution in [3.63, 3.8) is 0 Å². The van der Waals surface area contributed by atoms with E-state index in [2.05, 4.69) is 237 Å². The van der Waals surface area contributed by atoms with Gasteiger partial charge in [0.15, 0.2) is 11.5 Å². The zero-order valence-electron chi connectivity index (χ0n) is 35.1. The number of benzene rings is 10. The van der Waals surface area contributed by atoms with Crippen molar-refractivity contribution in [1.29, 1.82) is 0 Å². The first-order chi connectivity index (χ1) is 32.3. The monoisotopic (exact) mass is 830 g/mol. The second kappa shape index (κ2) is 13.9. The summed E-state index contributed by atoms with van der Waals surface area (Å²) in [4.78, 5) is 2.36. The van der Waals surface area contributed by atoms with Crippen molar-refractivity contribution in [2.24, 2.45) is 0 Å². The van der Waals surface area contributed by atoms with E-state index in [1.54, 1.807) is 0 Å². The highest BCUT2D eigenvalue weighted by atomic mass is 16.5. The normalized spacial score (nSPS) is 12.4. The molecule has 5 nitrogen and oxygen atoms in total. The summed E-state index contributed by atoms with van der Waals surface area (Å²) in [5.41, 5.74) is 15.6. The second-order valence-corrected chi connectivity index (χ2v) is 16.9. The van der Waals surface area contributed by atoms with Crippen LogP contribution in [0.25, 0.3) is 93.6 Å². The molecule has 10 aromatic carbocycles. The molecular formula is C60H38N4O. The van der Waals surface area contributed by atoms with Gasteiger partial charge in [-0.15, -0.1) is 0 Å². The third-order valence-electron chi connectivity index (χ3n) is 13.4. The molecule has 0 unspecified atom stereocenters. The molecule has 304 valence electrons. The van der Waals surface area contributed by atoms with Crippen molar-refractivity contribution < 1.29 is 4.74 Å². The maximum absolute atomic E-state index is 6.53. The Bertz CT molecular complexity index is 3920. The van der Waals surface area contributed by atoms with Crippen LogP contribution in [0, 0.1) is 0 Å². The van der Waals surface area contributed by atoms with Crippen molar-refractivity contribution in [2.75, 3.05) is 4.90 Å².